The average Bonchev–Trinajstić information content (AvgIpc) is 2.90. The number of urea groups is 1. The highest BCUT2D eigenvalue weighted by Crippen LogP contribution is 2.14. The Morgan fingerprint density at radius 2 is 2.11 bits per heavy atom. The fourth-order valence-electron chi connectivity index (χ4n) is 1.50. The molecule has 7 heteroatoms. The molecular weight excluding hydrogens is 248 g/mol. The third kappa shape index (κ3) is 3.32. The number of nitrogens with one attached hydrogen (secondary N) is 3. The Morgan fingerprint density at radius 3 is 2.79 bits per heavy atom. The second-order valence-electron chi connectivity index (χ2n) is 3.69. The minimum Gasteiger partial charge on any atom is -0.478 e. The van der Waals surface area contributed by atoms with Gasteiger partial charge in [0.1, 0.15) is 5.82 Å². The molecule has 0 bridgehead atoms. The number of carbonyl (C=O) groups is 2. The van der Waals surface area contributed by atoms with E-state index in [9.17, 15) is 9.59 Å². The van der Waals surface area contributed by atoms with E-state index in [2.05, 4.69) is 20.6 Å². The number of para-hydroxylation sites is 1. The maximum absolute atomic E-state index is 11.6. The highest BCUT2D eigenvalue weighted by atomic mass is 16.4. The minimum absolute atomic E-state index is 0.0376. The number of aromatic amines is 1. The number of benzene rings is 1. The van der Waals surface area contributed by atoms with E-state index in [1.807, 2.05) is 0 Å². The molecule has 19 heavy (non-hydrogen) atoms. The summed E-state index contributed by atoms with van der Waals surface area (Å²) < 4.78 is 0. The Kier molecular flexibility index (Phi) is 3.77. The number of aromatic nitrogens is 2. The summed E-state index contributed by atoms with van der Waals surface area (Å²) in [5.41, 5.74) is 0.280. The van der Waals surface area contributed by atoms with E-state index < -0.39 is 12.0 Å². The predicted octanol–water partition coefficient (Wildman–Crippen LogP) is 1.43. The predicted molar refractivity (Wildman–Crippen MR) is 67.8 cm³/mol. The first kappa shape index (κ1) is 12.6. The van der Waals surface area contributed by atoms with Crippen LogP contribution in [0.15, 0.2) is 36.7 Å². The van der Waals surface area contributed by atoms with Crippen molar-refractivity contribution >= 4 is 17.7 Å². The number of hydrogen-bond donors (Lipinski definition) is 4. The molecule has 0 aliphatic carbocycles. The van der Waals surface area contributed by atoms with Crippen LogP contribution in [0.5, 0.6) is 0 Å². The van der Waals surface area contributed by atoms with E-state index in [-0.39, 0.29) is 17.8 Å². The van der Waals surface area contributed by atoms with Gasteiger partial charge < -0.3 is 20.7 Å². The fourth-order valence-corrected chi connectivity index (χ4v) is 1.50. The molecule has 1 heterocycles. The Bertz CT molecular complexity index is 580. The third-order valence-corrected chi connectivity index (χ3v) is 2.38. The molecule has 0 aliphatic heterocycles. The average molecular weight is 260 g/mol. The zero-order chi connectivity index (χ0) is 13.7. The molecule has 0 atom stereocenters. The maximum Gasteiger partial charge on any atom is 0.337 e. The van der Waals surface area contributed by atoms with Gasteiger partial charge in [0.15, 0.2) is 0 Å². The van der Waals surface area contributed by atoms with Crippen LogP contribution in [0.2, 0.25) is 0 Å². The van der Waals surface area contributed by atoms with Crippen LogP contribution in [-0.4, -0.2) is 27.1 Å². The van der Waals surface area contributed by atoms with E-state index in [1.54, 1.807) is 24.5 Å². The van der Waals surface area contributed by atoms with Gasteiger partial charge in [0, 0.05) is 12.4 Å². The number of aromatic carboxylic acids is 1. The zero-order valence-corrected chi connectivity index (χ0v) is 9.88. The van der Waals surface area contributed by atoms with E-state index >= 15 is 0 Å². The summed E-state index contributed by atoms with van der Waals surface area (Å²) in [6.45, 7) is 0.230. The molecule has 0 saturated carbocycles. The van der Waals surface area contributed by atoms with Gasteiger partial charge >= 0.3 is 12.0 Å². The molecule has 0 spiro atoms. The maximum atomic E-state index is 11.6. The summed E-state index contributed by atoms with van der Waals surface area (Å²) in [5.74, 6) is -0.483. The molecular formula is C12H12N4O3. The van der Waals surface area contributed by atoms with Gasteiger partial charge in [-0.1, -0.05) is 12.1 Å². The van der Waals surface area contributed by atoms with E-state index in [0.717, 1.165) is 0 Å². The number of H-pyrrole nitrogens is 1. The Hall–Kier alpha value is -2.83. The molecule has 4 N–H and O–H groups in total. The first-order valence-corrected chi connectivity index (χ1v) is 5.52. The monoisotopic (exact) mass is 260 g/mol. The topological polar surface area (TPSA) is 107 Å². The van der Waals surface area contributed by atoms with Crippen molar-refractivity contribution in [2.45, 2.75) is 6.54 Å². The first-order chi connectivity index (χ1) is 9.16. The number of hydrogen-bond acceptors (Lipinski definition) is 3. The van der Waals surface area contributed by atoms with Gasteiger partial charge in [0.25, 0.3) is 0 Å². The molecule has 2 rings (SSSR count). The molecule has 98 valence electrons. The second-order valence-corrected chi connectivity index (χ2v) is 3.69. The molecule has 0 unspecified atom stereocenters. The largest absolute Gasteiger partial charge is 0.478 e. The summed E-state index contributed by atoms with van der Waals surface area (Å²) in [7, 11) is 0. The molecule has 0 fully saturated rings. The SMILES string of the molecule is O=C(NCc1ncc[nH]1)Nc1ccccc1C(=O)O. The highest BCUT2D eigenvalue weighted by molar-refractivity contribution is 5.99. The summed E-state index contributed by atoms with van der Waals surface area (Å²) in [5, 5.41) is 14.0. The number of nitrogens with zero attached hydrogens (tertiary/aromatic N) is 1. The zero-order valence-electron chi connectivity index (χ0n) is 9.88. The molecule has 0 saturated heterocycles. The van der Waals surface area contributed by atoms with Crippen LogP contribution in [0.4, 0.5) is 10.5 Å². The lowest BCUT2D eigenvalue weighted by Gasteiger charge is -2.08. The van der Waals surface area contributed by atoms with Crippen molar-refractivity contribution in [3.05, 3.63) is 48.0 Å². The lowest BCUT2D eigenvalue weighted by Crippen LogP contribution is -2.29. The molecule has 0 radical (unpaired) electrons. The summed E-state index contributed by atoms with van der Waals surface area (Å²) in [4.78, 5) is 29.4. The van der Waals surface area contributed by atoms with Crippen molar-refractivity contribution < 1.29 is 14.7 Å². The number of amides is 2. The van der Waals surface area contributed by atoms with E-state index in [1.165, 1.54) is 12.1 Å². The van der Waals surface area contributed by atoms with Crippen molar-refractivity contribution in [3.8, 4) is 0 Å². The van der Waals surface area contributed by atoms with Gasteiger partial charge in [0.05, 0.1) is 17.8 Å². The third-order valence-electron chi connectivity index (χ3n) is 2.38. The first-order valence-electron chi connectivity index (χ1n) is 5.52. The number of anilines is 1. The van der Waals surface area contributed by atoms with Crippen LogP contribution in [0, 0.1) is 0 Å². The number of carboxylic acids is 1. The minimum atomic E-state index is -1.10. The van der Waals surface area contributed by atoms with Crippen molar-refractivity contribution in [1.29, 1.82) is 0 Å². The summed E-state index contributed by atoms with van der Waals surface area (Å²) in [6.07, 6.45) is 3.23. The standard InChI is InChI=1S/C12H12N4O3/c17-11(18)8-3-1-2-4-9(8)16-12(19)15-7-10-13-5-6-14-10/h1-6H,7H2,(H,13,14)(H,17,18)(H2,15,16,19). The number of carboxylic acid groups (broad SMARTS) is 1. The molecule has 1 aromatic carbocycles. The quantitative estimate of drug-likeness (QED) is 0.667. The van der Waals surface area contributed by atoms with E-state index in [0.29, 0.717) is 5.82 Å². The molecule has 0 aliphatic rings. The molecule has 1 aromatic heterocycles. The van der Waals surface area contributed by atoms with Crippen LogP contribution in [0.3, 0.4) is 0 Å². The van der Waals surface area contributed by atoms with Gasteiger partial charge in [-0.25, -0.2) is 14.6 Å². The summed E-state index contributed by atoms with van der Waals surface area (Å²) in [6, 6.07) is 5.69. The van der Waals surface area contributed by atoms with Gasteiger partial charge in [-0.05, 0) is 12.1 Å². The van der Waals surface area contributed by atoms with Gasteiger partial charge in [-0.15, -0.1) is 0 Å². The van der Waals surface area contributed by atoms with Gasteiger partial charge in [-0.2, -0.15) is 0 Å². The lowest BCUT2D eigenvalue weighted by molar-refractivity contribution is 0.0698. The van der Waals surface area contributed by atoms with Crippen LogP contribution < -0.4 is 10.6 Å². The summed E-state index contributed by atoms with van der Waals surface area (Å²) >= 11 is 0. The van der Waals surface area contributed by atoms with Crippen LogP contribution in [-0.2, 0) is 6.54 Å². The fraction of sp³-hybridized carbons (Fsp3) is 0.0833. The Labute approximate surface area is 108 Å². The second kappa shape index (κ2) is 5.67. The van der Waals surface area contributed by atoms with Crippen molar-refractivity contribution in [1.82, 2.24) is 15.3 Å². The number of carbonyl (C=O) groups excluding carboxylic acids is 1. The molecule has 2 aromatic rings. The number of imidazole rings is 1. The van der Waals surface area contributed by atoms with Crippen LogP contribution in [0.25, 0.3) is 0 Å². The highest BCUT2D eigenvalue weighted by Gasteiger charge is 2.11. The Balaban J connectivity index is 1.97. The molecule has 7 nitrogen and oxygen atoms in total. The lowest BCUT2D eigenvalue weighted by atomic mass is 10.2. The number of rotatable bonds is 4. The van der Waals surface area contributed by atoms with Gasteiger partial charge in [-0.3, -0.25) is 0 Å². The van der Waals surface area contributed by atoms with Crippen LogP contribution in [0.1, 0.15) is 16.2 Å². The van der Waals surface area contributed by atoms with Gasteiger partial charge in [0.2, 0.25) is 0 Å². The van der Waals surface area contributed by atoms with Crippen LogP contribution >= 0.6 is 0 Å². The Morgan fingerprint density at radius 1 is 1.32 bits per heavy atom. The normalized spacial score (nSPS) is 9.89. The van der Waals surface area contributed by atoms with E-state index in [4.69, 9.17) is 5.11 Å². The smallest absolute Gasteiger partial charge is 0.337 e. The molecule has 2 amide bonds. The van der Waals surface area contributed by atoms with Crippen molar-refractivity contribution in [2.24, 2.45) is 0 Å². The van der Waals surface area contributed by atoms with Crippen molar-refractivity contribution in [2.75, 3.05) is 5.32 Å². The van der Waals surface area contributed by atoms with Crippen molar-refractivity contribution in [3.63, 3.8) is 0 Å².